The van der Waals surface area contributed by atoms with Crippen LogP contribution < -0.4 is 19.4 Å². The number of anilines is 9. The van der Waals surface area contributed by atoms with Crippen LogP contribution in [0.3, 0.4) is 0 Å². The fraction of sp³-hybridized carbons (Fsp3) is 0.205. The number of furan rings is 2. The Morgan fingerprint density at radius 3 is 1.27 bits per heavy atom. The molecule has 1 spiro atoms. The van der Waals surface area contributed by atoms with Crippen LogP contribution in [0.2, 0.25) is 0 Å². The molecule has 0 N–H and O–H groups in total. The highest BCUT2D eigenvalue weighted by atomic mass is 16.5. The average molecular weight is 1160 g/mol. The van der Waals surface area contributed by atoms with Crippen molar-refractivity contribution in [1.29, 1.82) is 0 Å². The van der Waals surface area contributed by atoms with E-state index in [1.54, 1.807) is 0 Å². The van der Waals surface area contributed by atoms with Crippen LogP contribution in [0.15, 0.2) is 233 Å². The lowest BCUT2D eigenvalue weighted by Crippen LogP contribution is -2.37. The number of benzene rings is 11. The second-order valence-corrected chi connectivity index (χ2v) is 28.9. The van der Waals surface area contributed by atoms with Crippen molar-refractivity contribution in [2.45, 2.75) is 110 Å². The van der Waals surface area contributed by atoms with E-state index in [4.69, 9.17) is 13.6 Å². The molecule has 11 aromatic carbocycles. The summed E-state index contributed by atoms with van der Waals surface area (Å²) in [5.41, 5.74) is 22.8. The Bertz CT molecular complexity index is 4900. The van der Waals surface area contributed by atoms with Crippen LogP contribution in [-0.4, -0.2) is 0 Å². The predicted molar refractivity (Wildman–Crippen MR) is 371 cm³/mol. The number of nitrogens with zero attached hydrogens (tertiary/aromatic N) is 3. The van der Waals surface area contributed by atoms with Crippen LogP contribution in [-0.2, 0) is 27.1 Å². The Hall–Kier alpha value is -9.78. The Kier molecular flexibility index (Phi) is 11.7. The maximum Gasteiger partial charge on any atom is 0.160 e. The fourth-order valence-electron chi connectivity index (χ4n) is 14.7. The summed E-state index contributed by atoms with van der Waals surface area (Å²) < 4.78 is 22.4. The first kappa shape index (κ1) is 54.6. The Morgan fingerprint density at radius 2 is 0.742 bits per heavy atom. The van der Waals surface area contributed by atoms with E-state index in [2.05, 4.69) is 322 Å². The third kappa shape index (κ3) is 8.14. The lowest BCUT2D eigenvalue weighted by atomic mass is 9.64. The van der Waals surface area contributed by atoms with Gasteiger partial charge >= 0.3 is 0 Å². The zero-order valence-corrected chi connectivity index (χ0v) is 52.9. The summed E-state index contributed by atoms with van der Waals surface area (Å²) in [6.45, 7) is 27.4. The first-order chi connectivity index (χ1) is 42.7. The molecule has 0 bridgehead atoms. The molecule has 16 rings (SSSR count). The van der Waals surface area contributed by atoms with Gasteiger partial charge in [0.25, 0.3) is 0 Å². The maximum absolute atomic E-state index is 7.70. The zero-order chi connectivity index (χ0) is 61.3. The molecule has 0 saturated carbocycles. The molecule has 1 unspecified atom stereocenters. The molecule has 6 heteroatoms. The molecular formula is C83H73N3O3. The molecule has 438 valence electrons. The number of ether oxygens (including phenoxy) is 1. The van der Waals surface area contributed by atoms with Crippen LogP contribution in [0.25, 0.3) is 55.0 Å². The monoisotopic (exact) mass is 1160 g/mol. The summed E-state index contributed by atoms with van der Waals surface area (Å²) in [6, 6.07) is 83.4. The van der Waals surface area contributed by atoms with Crippen molar-refractivity contribution in [1.82, 2.24) is 0 Å². The molecule has 0 radical (unpaired) electrons. The number of para-hydroxylation sites is 6. The molecule has 0 amide bonds. The van der Waals surface area contributed by atoms with Crippen molar-refractivity contribution in [3.8, 4) is 22.6 Å². The molecule has 1 atom stereocenters. The zero-order valence-electron chi connectivity index (χ0n) is 52.9. The lowest BCUT2D eigenvalue weighted by molar-refractivity contribution is 0.473. The maximum atomic E-state index is 7.70. The van der Waals surface area contributed by atoms with Crippen molar-refractivity contribution >= 4 is 95.1 Å². The van der Waals surface area contributed by atoms with Gasteiger partial charge < -0.3 is 28.3 Å². The van der Waals surface area contributed by atoms with Crippen molar-refractivity contribution in [2.24, 2.45) is 0 Å². The van der Waals surface area contributed by atoms with Crippen molar-refractivity contribution in [3.05, 3.63) is 269 Å². The minimum absolute atomic E-state index is 0.0540. The molecule has 2 aromatic heterocycles. The van der Waals surface area contributed by atoms with Crippen molar-refractivity contribution in [3.63, 3.8) is 0 Å². The van der Waals surface area contributed by atoms with Gasteiger partial charge in [-0.15, -0.1) is 0 Å². The average Bonchev–Trinajstić information content (AvgIpc) is 1.53. The normalized spacial score (nSPS) is 15.1. The largest absolute Gasteiger partial charge is 0.455 e. The summed E-state index contributed by atoms with van der Waals surface area (Å²) in [6.07, 6.45) is 0. The van der Waals surface area contributed by atoms with Crippen LogP contribution in [0.1, 0.15) is 128 Å². The molecule has 3 aliphatic rings. The highest BCUT2D eigenvalue weighted by Crippen LogP contribution is 2.70. The Balaban J connectivity index is 1.11. The van der Waals surface area contributed by atoms with E-state index < -0.39 is 5.41 Å². The number of fused-ring (bicyclic) bond motifs is 19. The van der Waals surface area contributed by atoms with Gasteiger partial charge in [0.1, 0.15) is 16.7 Å². The van der Waals surface area contributed by atoms with Gasteiger partial charge in [0.15, 0.2) is 17.1 Å². The van der Waals surface area contributed by atoms with Crippen molar-refractivity contribution < 1.29 is 13.6 Å². The van der Waals surface area contributed by atoms with Gasteiger partial charge in [0.05, 0.1) is 39.2 Å². The SMILES string of the molecule is CC(C)(C)c1ccc(N(c2ccc(C(C)(C)C)cc2)c2cc3c(c4c2oc2ccccc24)-c2c(cc(N(c4ccc(C(C)(C)C)cc4)c4ccc(C(C)(C)C)cc4)c4c2oc2ccccc24)C32c3ccccc3N3c4ccccc4Oc4cccc2c43)cc1. The van der Waals surface area contributed by atoms with Gasteiger partial charge in [-0.3, -0.25) is 0 Å². The van der Waals surface area contributed by atoms with E-state index in [0.29, 0.717) is 0 Å². The molecule has 6 nitrogen and oxygen atoms in total. The number of rotatable bonds is 6. The molecule has 2 aliphatic heterocycles. The van der Waals surface area contributed by atoms with Gasteiger partial charge in [0, 0.05) is 50.0 Å². The van der Waals surface area contributed by atoms with Gasteiger partial charge in [-0.05, 0) is 163 Å². The highest BCUT2D eigenvalue weighted by molar-refractivity contribution is 6.26. The Labute approximate surface area is 522 Å². The van der Waals surface area contributed by atoms with Gasteiger partial charge in [-0.25, -0.2) is 0 Å². The number of hydrogen-bond acceptors (Lipinski definition) is 6. The quantitative estimate of drug-likeness (QED) is 0.165. The van der Waals surface area contributed by atoms with Crippen LogP contribution in [0.4, 0.5) is 51.2 Å². The van der Waals surface area contributed by atoms with E-state index in [-0.39, 0.29) is 21.7 Å². The van der Waals surface area contributed by atoms with Crippen molar-refractivity contribution in [2.75, 3.05) is 14.7 Å². The molecular weight excluding hydrogens is 1090 g/mol. The van der Waals surface area contributed by atoms with Crippen LogP contribution >= 0.6 is 0 Å². The molecule has 0 fully saturated rings. The smallest absolute Gasteiger partial charge is 0.160 e. The van der Waals surface area contributed by atoms with E-state index >= 15 is 0 Å². The third-order valence-electron chi connectivity index (χ3n) is 19.3. The van der Waals surface area contributed by atoms with Gasteiger partial charge in [-0.1, -0.05) is 210 Å². The topological polar surface area (TPSA) is 45.2 Å². The summed E-state index contributed by atoms with van der Waals surface area (Å²) in [5, 5.41) is 4.13. The van der Waals surface area contributed by atoms with Gasteiger partial charge in [0.2, 0.25) is 0 Å². The predicted octanol–water partition coefficient (Wildman–Crippen LogP) is 23.9. The Morgan fingerprint density at radius 1 is 0.337 bits per heavy atom. The first-order valence-corrected chi connectivity index (χ1v) is 31.5. The lowest BCUT2D eigenvalue weighted by Gasteiger charge is -2.47. The first-order valence-electron chi connectivity index (χ1n) is 31.5. The van der Waals surface area contributed by atoms with Crippen LogP contribution in [0.5, 0.6) is 11.5 Å². The third-order valence-corrected chi connectivity index (χ3v) is 19.3. The standard InChI is InChI=1S/C83H73N3O3/c1-79(2,3)50-32-40-54(41-33-50)84(55-42-34-51(35-43-55)80(4,5)6)66-48-63-75(78-72(66)58-22-13-18-28-68(58)89-78)74-62(83(63)60-24-15-16-26-64(60)86-65-27-17-20-30-70(65)87-71-31-21-25-61(83)76(71)86)49-67(77-73(74)59-23-14-19-29-69(59)88-77)85(56-44-36-52(37-45-56)81(7,8)9)57-46-38-53(39-47-57)82(10,11)12/h13-49H,1-12H3. The van der Waals surface area contributed by atoms with E-state index in [9.17, 15) is 0 Å². The fourth-order valence-corrected chi connectivity index (χ4v) is 14.7. The van der Waals surface area contributed by atoms with E-state index in [1.165, 1.54) is 22.3 Å². The minimum atomic E-state index is -1.02. The van der Waals surface area contributed by atoms with Gasteiger partial charge in [-0.2, -0.15) is 0 Å². The molecule has 0 saturated heterocycles. The van der Waals surface area contributed by atoms with Crippen LogP contribution in [0, 0.1) is 0 Å². The van der Waals surface area contributed by atoms with E-state index in [1.807, 2.05) is 0 Å². The summed E-state index contributed by atoms with van der Waals surface area (Å²) in [4.78, 5) is 7.38. The second-order valence-electron chi connectivity index (χ2n) is 28.9. The molecule has 1 aliphatic carbocycles. The highest BCUT2D eigenvalue weighted by Gasteiger charge is 2.56. The molecule has 4 heterocycles. The van der Waals surface area contributed by atoms with E-state index in [0.717, 1.165) is 140 Å². The summed E-state index contributed by atoms with van der Waals surface area (Å²) in [7, 11) is 0. The summed E-state index contributed by atoms with van der Waals surface area (Å²) >= 11 is 0. The summed E-state index contributed by atoms with van der Waals surface area (Å²) in [5.74, 6) is 1.61. The second kappa shape index (κ2) is 19.1. The number of hydrogen-bond donors (Lipinski definition) is 0. The minimum Gasteiger partial charge on any atom is -0.455 e. The molecule has 89 heavy (non-hydrogen) atoms. The molecule has 13 aromatic rings.